The molecule has 1 aliphatic rings. The Morgan fingerprint density at radius 3 is 2.63 bits per heavy atom. The van der Waals surface area contributed by atoms with Crippen LogP contribution in [0.2, 0.25) is 0 Å². The first kappa shape index (κ1) is 14.3. The number of rotatable bonds is 2. The predicted molar refractivity (Wildman–Crippen MR) is 68.6 cm³/mol. The van der Waals surface area contributed by atoms with E-state index in [0.29, 0.717) is 12.1 Å². The van der Waals surface area contributed by atoms with Crippen LogP contribution in [0.15, 0.2) is 24.3 Å². The van der Waals surface area contributed by atoms with Gasteiger partial charge in [-0.25, -0.2) is 0 Å². The summed E-state index contributed by atoms with van der Waals surface area (Å²) in [5.41, 5.74) is 5.56. The van der Waals surface area contributed by atoms with Crippen LogP contribution >= 0.6 is 0 Å². The minimum atomic E-state index is -4.31. The van der Waals surface area contributed by atoms with Crippen molar-refractivity contribution < 1.29 is 13.2 Å². The molecule has 2 nitrogen and oxygen atoms in total. The Kier molecular flexibility index (Phi) is 4.16. The zero-order chi connectivity index (χ0) is 14.0. The molecule has 1 fully saturated rings. The molecule has 0 bridgehead atoms. The minimum absolute atomic E-state index is 0.0854. The lowest BCUT2D eigenvalue weighted by atomic mass is 9.83. The van der Waals surface area contributed by atoms with Crippen molar-refractivity contribution in [3.8, 4) is 0 Å². The maximum absolute atomic E-state index is 13.1. The van der Waals surface area contributed by atoms with Gasteiger partial charge in [0.1, 0.15) is 0 Å². The number of halogens is 3. The molecule has 2 N–H and O–H groups in total. The maximum atomic E-state index is 13.1. The Balaban J connectivity index is 2.44. The second-order valence-corrected chi connectivity index (χ2v) is 5.15. The summed E-state index contributed by atoms with van der Waals surface area (Å²) in [5.74, 6) is 0.0854. The van der Waals surface area contributed by atoms with Crippen LogP contribution in [0.4, 0.5) is 13.2 Å². The van der Waals surface area contributed by atoms with Gasteiger partial charge in [-0.15, -0.1) is 0 Å². The van der Waals surface area contributed by atoms with Crippen molar-refractivity contribution in [2.45, 2.75) is 25.1 Å². The summed E-state index contributed by atoms with van der Waals surface area (Å²) >= 11 is 0. The fourth-order valence-electron chi connectivity index (χ4n) is 3.01. The molecule has 19 heavy (non-hydrogen) atoms. The van der Waals surface area contributed by atoms with E-state index in [1.165, 1.54) is 6.07 Å². The van der Waals surface area contributed by atoms with Crippen LogP contribution < -0.4 is 5.73 Å². The Morgan fingerprint density at radius 2 is 2.00 bits per heavy atom. The number of piperidine rings is 1. The van der Waals surface area contributed by atoms with Gasteiger partial charge >= 0.3 is 6.18 Å². The molecular formula is C14H19F3N2. The van der Waals surface area contributed by atoms with Gasteiger partial charge in [0.2, 0.25) is 0 Å². The second kappa shape index (κ2) is 5.51. The third kappa shape index (κ3) is 2.92. The van der Waals surface area contributed by atoms with Crippen LogP contribution in [-0.4, -0.2) is 25.0 Å². The molecule has 1 aromatic rings. The highest BCUT2D eigenvalue weighted by Crippen LogP contribution is 2.41. The molecule has 0 aromatic heterocycles. The summed E-state index contributed by atoms with van der Waals surface area (Å²) in [7, 11) is 1.87. The van der Waals surface area contributed by atoms with E-state index in [4.69, 9.17) is 5.73 Å². The fraction of sp³-hybridized carbons (Fsp3) is 0.571. The van der Waals surface area contributed by atoms with Crippen LogP contribution in [0.25, 0.3) is 0 Å². The SMILES string of the molecule is CN1CCCC(CN)C1c1ccccc1C(F)(F)F. The van der Waals surface area contributed by atoms with E-state index in [-0.39, 0.29) is 12.0 Å². The quantitative estimate of drug-likeness (QED) is 0.896. The highest BCUT2D eigenvalue weighted by atomic mass is 19.4. The van der Waals surface area contributed by atoms with Gasteiger partial charge in [-0.3, -0.25) is 4.90 Å². The molecule has 1 aliphatic heterocycles. The molecule has 2 atom stereocenters. The molecule has 0 amide bonds. The van der Waals surface area contributed by atoms with Gasteiger partial charge in [-0.2, -0.15) is 13.2 Å². The van der Waals surface area contributed by atoms with Gasteiger partial charge in [0, 0.05) is 6.04 Å². The lowest BCUT2D eigenvalue weighted by Crippen LogP contribution is -2.40. The summed E-state index contributed by atoms with van der Waals surface area (Å²) < 4.78 is 39.3. The van der Waals surface area contributed by atoms with Crippen LogP contribution in [-0.2, 0) is 6.18 Å². The van der Waals surface area contributed by atoms with Crippen molar-refractivity contribution in [1.82, 2.24) is 4.90 Å². The highest BCUT2D eigenvalue weighted by Gasteiger charge is 2.38. The van der Waals surface area contributed by atoms with Crippen molar-refractivity contribution >= 4 is 0 Å². The molecule has 0 aliphatic carbocycles. The maximum Gasteiger partial charge on any atom is 0.416 e. The largest absolute Gasteiger partial charge is 0.416 e. The topological polar surface area (TPSA) is 29.3 Å². The lowest BCUT2D eigenvalue weighted by Gasteiger charge is -2.40. The van der Waals surface area contributed by atoms with Crippen molar-refractivity contribution in [2.24, 2.45) is 11.7 Å². The van der Waals surface area contributed by atoms with E-state index in [0.717, 1.165) is 25.5 Å². The Hall–Kier alpha value is -1.07. The number of benzene rings is 1. The highest BCUT2D eigenvalue weighted by molar-refractivity contribution is 5.33. The molecule has 1 aromatic carbocycles. The molecule has 1 saturated heterocycles. The monoisotopic (exact) mass is 272 g/mol. The average molecular weight is 272 g/mol. The van der Waals surface area contributed by atoms with E-state index in [9.17, 15) is 13.2 Å². The molecular weight excluding hydrogens is 253 g/mol. The number of likely N-dealkylation sites (tertiary alicyclic amines) is 1. The van der Waals surface area contributed by atoms with Gasteiger partial charge in [0.15, 0.2) is 0 Å². The van der Waals surface area contributed by atoms with Crippen LogP contribution in [0, 0.1) is 5.92 Å². The van der Waals surface area contributed by atoms with Gasteiger partial charge < -0.3 is 5.73 Å². The van der Waals surface area contributed by atoms with E-state index in [1.807, 2.05) is 11.9 Å². The minimum Gasteiger partial charge on any atom is -0.330 e. The third-order valence-corrected chi connectivity index (χ3v) is 3.89. The Bertz CT molecular complexity index is 431. The van der Waals surface area contributed by atoms with Crippen LogP contribution in [0.1, 0.15) is 30.0 Å². The van der Waals surface area contributed by atoms with E-state index in [2.05, 4.69) is 0 Å². The summed E-state index contributed by atoms with van der Waals surface area (Å²) in [6.07, 6.45) is -2.44. The van der Waals surface area contributed by atoms with E-state index >= 15 is 0 Å². The van der Waals surface area contributed by atoms with Gasteiger partial charge in [-0.1, -0.05) is 18.2 Å². The normalized spacial score (nSPS) is 25.5. The molecule has 106 valence electrons. The van der Waals surface area contributed by atoms with E-state index < -0.39 is 11.7 Å². The summed E-state index contributed by atoms with van der Waals surface area (Å²) in [6.45, 7) is 1.23. The van der Waals surface area contributed by atoms with Gasteiger partial charge in [0.25, 0.3) is 0 Å². The smallest absolute Gasteiger partial charge is 0.330 e. The molecule has 5 heteroatoms. The first-order chi connectivity index (χ1) is 8.95. The lowest BCUT2D eigenvalue weighted by molar-refractivity contribution is -0.139. The number of hydrogen-bond donors (Lipinski definition) is 1. The fourth-order valence-corrected chi connectivity index (χ4v) is 3.01. The number of nitrogens with two attached hydrogens (primary N) is 1. The van der Waals surface area contributed by atoms with Crippen LogP contribution in [0.5, 0.6) is 0 Å². The standard InChI is InChI=1S/C14H19F3N2/c1-19-8-4-5-10(9-18)13(19)11-6-2-3-7-12(11)14(15,16)17/h2-3,6-7,10,13H,4-5,8-9,18H2,1H3. The van der Waals surface area contributed by atoms with Gasteiger partial charge in [-0.05, 0) is 50.5 Å². The second-order valence-electron chi connectivity index (χ2n) is 5.15. The number of hydrogen-bond acceptors (Lipinski definition) is 2. The average Bonchev–Trinajstić information content (AvgIpc) is 2.37. The summed E-state index contributed by atoms with van der Waals surface area (Å²) in [5, 5.41) is 0. The van der Waals surface area contributed by atoms with Crippen LogP contribution in [0.3, 0.4) is 0 Å². The van der Waals surface area contributed by atoms with Crippen molar-refractivity contribution in [1.29, 1.82) is 0 Å². The first-order valence-corrected chi connectivity index (χ1v) is 6.51. The molecule has 0 radical (unpaired) electrons. The zero-order valence-corrected chi connectivity index (χ0v) is 11.0. The Morgan fingerprint density at radius 1 is 1.32 bits per heavy atom. The molecule has 2 rings (SSSR count). The summed E-state index contributed by atoms with van der Waals surface area (Å²) in [4.78, 5) is 1.99. The predicted octanol–water partition coefficient (Wildman–Crippen LogP) is 3.05. The third-order valence-electron chi connectivity index (χ3n) is 3.89. The van der Waals surface area contributed by atoms with Crippen molar-refractivity contribution in [2.75, 3.05) is 20.1 Å². The molecule has 0 saturated carbocycles. The molecule has 2 unspecified atom stereocenters. The summed E-state index contributed by atoms with van der Waals surface area (Å²) in [6, 6.07) is 5.60. The van der Waals surface area contributed by atoms with E-state index in [1.54, 1.807) is 12.1 Å². The zero-order valence-electron chi connectivity index (χ0n) is 11.0. The Labute approximate surface area is 111 Å². The van der Waals surface area contributed by atoms with Crippen molar-refractivity contribution in [3.63, 3.8) is 0 Å². The van der Waals surface area contributed by atoms with Gasteiger partial charge in [0.05, 0.1) is 5.56 Å². The molecule has 1 heterocycles. The number of alkyl halides is 3. The molecule has 0 spiro atoms. The number of nitrogens with zero attached hydrogens (tertiary/aromatic N) is 1. The van der Waals surface area contributed by atoms with Crippen molar-refractivity contribution in [3.05, 3.63) is 35.4 Å². The first-order valence-electron chi connectivity index (χ1n) is 6.51.